The first-order valence-corrected chi connectivity index (χ1v) is 11.5. The van der Waals surface area contributed by atoms with Crippen LogP contribution in [0.2, 0.25) is 5.02 Å². The Kier molecular flexibility index (Phi) is 9.59. The molecule has 33 heavy (non-hydrogen) atoms. The summed E-state index contributed by atoms with van der Waals surface area (Å²) in [7, 11) is 3.17. The number of hydrogen-bond acceptors (Lipinski definition) is 4. The summed E-state index contributed by atoms with van der Waals surface area (Å²) >= 11 is 6.38. The average Bonchev–Trinajstić information content (AvgIpc) is 2.77. The van der Waals surface area contributed by atoms with Gasteiger partial charge in [0.1, 0.15) is 6.04 Å². The molecule has 0 bridgehead atoms. The van der Waals surface area contributed by atoms with Crippen LogP contribution in [0.15, 0.2) is 42.5 Å². The fourth-order valence-electron chi connectivity index (χ4n) is 3.61. The lowest BCUT2D eigenvalue weighted by atomic mass is 10.0. The van der Waals surface area contributed by atoms with E-state index in [0.29, 0.717) is 29.4 Å². The number of aryl methyl sites for hydroxylation is 1. The van der Waals surface area contributed by atoms with Crippen molar-refractivity contribution in [3.63, 3.8) is 0 Å². The van der Waals surface area contributed by atoms with Gasteiger partial charge in [0.15, 0.2) is 11.5 Å². The molecule has 0 aliphatic heterocycles. The molecule has 2 rings (SSSR count). The lowest BCUT2D eigenvalue weighted by Crippen LogP contribution is -2.53. The van der Waals surface area contributed by atoms with E-state index >= 15 is 0 Å². The Hall–Kier alpha value is -2.73. The van der Waals surface area contributed by atoms with E-state index < -0.39 is 11.6 Å². The van der Waals surface area contributed by atoms with E-state index in [1.54, 1.807) is 25.2 Å². The summed E-state index contributed by atoms with van der Waals surface area (Å²) in [6, 6.07) is 12.4. The van der Waals surface area contributed by atoms with Gasteiger partial charge in [-0.15, -0.1) is 0 Å². The van der Waals surface area contributed by atoms with Gasteiger partial charge in [-0.3, -0.25) is 9.59 Å². The Bertz CT molecular complexity index is 956. The molecule has 1 N–H and O–H groups in total. The minimum Gasteiger partial charge on any atom is -0.493 e. The first kappa shape index (κ1) is 26.5. The largest absolute Gasteiger partial charge is 0.493 e. The first-order chi connectivity index (χ1) is 15.6. The van der Waals surface area contributed by atoms with Crippen molar-refractivity contribution in [3.05, 3.63) is 58.6 Å². The Balaban J connectivity index is 2.27. The zero-order chi connectivity index (χ0) is 24.6. The molecule has 0 saturated heterocycles. The number of halogens is 1. The highest BCUT2D eigenvalue weighted by Crippen LogP contribution is 2.28. The van der Waals surface area contributed by atoms with E-state index in [1.807, 2.05) is 64.1 Å². The molecule has 0 aliphatic rings. The van der Waals surface area contributed by atoms with Gasteiger partial charge in [-0.25, -0.2) is 0 Å². The first-order valence-electron chi connectivity index (χ1n) is 11.2. The molecule has 7 heteroatoms. The average molecular weight is 475 g/mol. The molecule has 0 spiro atoms. The van der Waals surface area contributed by atoms with Crippen LogP contribution < -0.4 is 14.8 Å². The third-order valence-corrected chi connectivity index (χ3v) is 5.63. The maximum atomic E-state index is 13.4. The second kappa shape index (κ2) is 11.9. The van der Waals surface area contributed by atoms with Crippen LogP contribution in [0.5, 0.6) is 11.5 Å². The molecule has 0 aromatic heterocycles. The summed E-state index contributed by atoms with van der Waals surface area (Å²) in [5, 5.41) is 3.58. The molecule has 2 aromatic rings. The third-order valence-electron chi connectivity index (χ3n) is 5.26. The molecule has 0 unspecified atom stereocenters. The second-order valence-electron chi connectivity index (χ2n) is 8.97. The van der Waals surface area contributed by atoms with Crippen LogP contribution >= 0.6 is 11.6 Å². The van der Waals surface area contributed by atoms with Crippen molar-refractivity contribution in [2.24, 2.45) is 0 Å². The monoisotopic (exact) mass is 474 g/mol. The van der Waals surface area contributed by atoms with Crippen molar-refractivity contribution in [2.75, 3.05) is 14.2 Å². The number of nitrogens with zero attached hydrogens (tertiary/aromatic N) is 1. The van der Waals surface area contributed by atoms with Gasteiger partial charge in [0.25, 0.3) is 0 Å². The standard InChI is InChI=1S/C26H35ClN2O4/c1-7-21(25(31)28-26(2,3)4)29(17-19-10-8-9-11-20(19)27)24(30)15-13-18-12-14-22(32-5)23(16-18)33-6/h8-12,14,16,21H,7,13,15,17H2,1-6H3,(H,28,31)/t21-/m1/s1. The Morgan fingerprint density at radius 1 is 1.06 bits per heavy atom. The number of nitrogens with one attached hydrogen (secondary N) is 1. The minimum absolute atomic E-state index is 0.111. The van der Waals surface area contributed by atoms with Gasteiger partial charge in [0.2, 0.25) is 11.8 Å². The van der Waals surface area contributed by atoms with Crippen LogP contribution in [0.3, 0.4) is 0 Å². The van der Waals surface area contributed by atoms with Crippen LogP contribution in [-0.4, -0.2) is 42.5 Å². The Morgan fingerprint density at radius 3 is 2.30 bits per heavy atom. The van der Waals surface area contributed by atoms with Crippen molar-refractivity contribution < 1.29 is 19.1 Å². The van der Waals surface area contributed by atoms with Gasteiger partial charge in [0, 0.05) is 23.5 Å². The molecule has 0 heterocycles. The van der Waals surface area contributed by atoms with E-state index in [-0.39, 0.29) is 24.8 Å². The van der Waals surface area contributed by atoms with Crippen LogP contribution in [0.25, 0.3) is 0 Å². The van der Waals surface area contributed by atoms with E-state index in [4.69, 9.17) is 21.1 Å². The molecule has 0 fully saturated rings. The number of carbonyl (C=O) groups excluding carboxylic acids is 2. The van der Waals surface area contributed by atoms with E-state index in [2.05, 4.69) is 5.32 Å². The molecule has 2 aromatic carbocycles. The number of carbonyl (C=O) groups is 2. The van der Waals surface area contributed by atoms with Crippen LogP contribution in [0.1, 0.15) is 51.7 Å². The molecule has 0 saturated carbocycles. The predicted octanol–water partition coefficient (Wildman–Crippen LogP) is 5.01. The number of rotatable bonds is 10. The predicted molar refractivity (Wildman–Crippen MR) is 132 cm³/mol. The highest BCUT2D eigenvalue weighted by Gasteiger charge is 2.30. The Labute approximate surface area is 202 Å². The van der Waals surface area contributed by atoms with Crippen molar-refractivity contribution in [3.8, 4) is 11.5 Å². The maximum Gasteiger partial charge on any atom is 0.243 e. The normalized spacial score (nSPS) is 12.1. The lowest BCUT2D eigenvalue weighted by Gasteiger charge is -2.33. The van der Waals surface area contributed by atoms with Crippen LogP contribution in [-0.2, 0) is 22.6 Å². The minimum atomic E-state index is -0.599. The topological polar surface area (TPSA) is 67.9 Å². The summed E-state index contributed by atoms with van der Waals surface area (Å²) in [4.78, 5) is 28.1. The molecular formula is C26H35ClN2O4. The van der Waals surface area contributed by atoms with E-state index in [1.165, 1.54) is 0 Å². The van der Waals surface area contributed by atoms with Crippen molar-refractivity contribution in [1.82, 2.24) is 10.2 Å². The molecule has 2 amide bonds. The smallest absolute Gasteiger partial charge is 0.243 e. The van der Waals surface area contributed by atoms with Crippen molar-refractivity contribution in [2.45, 2.75) is 65.1 Å². The molecule has 180 valence electrons. The molecule has 0 aliphatic carbocycles. The van der Waals surface area contributed by atoms with Gasteiger partial charge in [-0.2, -0.15) is 0 Å². The third kappa shape index (κ3) is 7.67. The van der Waals surface area contributed by atoms with Gasteiger partial charge >= 0.3 is 0 Å². The summed E-state index contributed by atoms with van der Waals surface area (Å²) in [6.07, 6.45) is 1.25. The maximum absolute atomic E-state index is 13.4. The molecular weight excluding hydrogens is 440 g/mol. The molecule has 1 atom stereocenters. The quantitative estimate of drug-likeness (QED) is 0.525. The number of benzene rings is 2. The summed E-state index contributed by atoms with van der Waals surface area (Å²) in [5.74, 6) is 0.973. The summed E-state index contributed by atoms with van der Waals surface area (Å²) in [6.45, 7) is 7.95. The highest BCUT2D eigenvalue weighted by atomic mass is 35.5. The molecule has 0 radical (unpaired) electrons. The van der Waals surface area contributed by atoms with Crippen LogP contribution in [0, 0.1) is 0 Å². The van der Waals surface area contributed by atoms with E-state index in [0.717, 1.165) is 11.1 Å². The van der Waals surface area contributed by atoms with Gasteiger partial charge in [0.05, 0.1) is 14.2 Å². The van der Waals surface area contributed by atoms with Crippen molar-refractivity contribution >= 4 is 23.4 Å². The fraction of sp³-hybridized carbons (Fsp3) is 0.462. The van der Waals surface area contributed by atoms with Crippen molar-refractivity contribution in [1.29, 1.82) is 0 Å². The van der Waals surface area contributed by atoms with Gasteiger partial charge in [-0.1, -0.05) is 42.8 Å². The second-order valence-corrected chi connectivity index (χ2v) is 9.37. The number of hydrogen-bond donors (Lipinski definition) is 1. The zero-order valence-electron chi connectivity index (χ0n) is 20.4. The SMILES string of the molecule is CC[C@H](C(=O)NC(C)(C)C)N(Cc1ccccc1Cl)C(=O)CCc1ccc(OC)c(OC)c1. The number of ether oxygens (including phenoxy) is 2. The fourth-order valence-corrected chi connectivity index (χ4v) is 3.81. The number of methoxy groups -OCH3 is 2. The lowest BCUT2D eigenvalue weighted by molar-refractivity contribution is -0.142. The summed E-state index contributed by atoms with van der Waals surface area (Å²) < 4.78 is 10.7. The Morgan fingerprint density at radius 2 is 1.73 bits per heavy atom. The van der Waals surface area contributed by atoms with Gasteiger partial charge in [-0.05, 0) is 62.9 Å². The highest BCUT2D eigenvalue weighted by molar-refractivity contribution is 6.31. The zero-order valence-corrected chi connectivity index (χ0v) is 21.2. The molecule has 6 nitrogen and oxygen atoms in total. The number of amides is 2. The summed E-state index contributed by atoms with van der Waals surface area (Å²) in [5.41, 5.74) is 1.36. The van der Waals surface area contributed by atoms with E-state index in [9.17, 15) is 9.59 Å². The van der Waals surface area contributed by atoms with Gasteiger partial charge < -0.3 is 19.7 Å². The van der Waals surface area contributed by atoms with Crippen LogP contribution in [0.4, 0.5) is 0 Å².